The molecule has 0 saturated heterocycles. The summed E-state index contributed by atoms with van der Waals surface area (Å²) >= 11 is 6.16. The molecule has 2 aromatic carbocycles. The van der Waals surface area contributed by atoms with E-state index in [4.69, 9.17) is 26.5 Å². The molecule has 6 heteroatoms. The number of hydrogen-bond acceptors (Lipinski definition) is 4. The number of carbonyl (C=O) groups is 1. The summed E-state index contributed by atoms with van der Waals surface area (Å²) < 4.78 is 10.9. The molecule has 0 atom stereocenters. The second-order valence-corrected chi connectivity index (χ2v) is 5.74. The fourth-order valence-electron chi connectivity index (χ4n) is 2.42. The second kappa shape index (κ2) is 6.37. The van der Waals surface area contributed by atoms with Crippen LogP contribution in [0, 0.1) is 6.92 Å². The molecule has 3 aromatic rings. The quantitative estimate of drug-likeness (QED) is 0.736. The summed E-state index contributed by atoms with van der Waals surface area (Å²) in [4.78, 5) is 23.2. The zero-order valence-electron chi connectivity index (χ0n) is 12.8. The lowest BCUT2D eigenvalue weighted by molar-refractivity contribution is 0.0996. The van der Waals surface area contributed by atoms with Crippen LogP contribution in [0.5, 0.6) is 5.75 Å². The van der Waals surface area contributed by atoms with E-state index < -0.39 is 11.5 Å². The van der Waals surface area contributed by atoms with Gasteiger partial charge < -0.3 is 14.9 Å². The highest BCUT2D eigenvalue weighted by atomic mass is 35.5. The third-order valence-electron chi connectivity index (χ3n) is 3.65. The average molecular weight is 344 g/mol. The number of hydrogen-bond donors (Lipinski definition) is 1. The Morgan fingerprint density at radius 1 is 1.25 bits per heavy atom. The normalized spacial score (nSPS) is 10.8. The van der Waals surface area contributed by atoms with Crippen molar-refractivity contribution < 1.29 is 13.9 Å². The predicted octanol–water partition coefficient (Wildman–Crippen LogP) is 3.43. The van der Waals surface area contributed by atoms with Crippen molar-refractivity contribution in [3.63, 3.8) is 0 Å². The Morgan fingerprint density at radius 3 is 2.75 bits per heavy atom. The van der Waals surface area contributed by atoms with E-state index in [0.717, 1.165) is 5.56 Å². The Hall–Kier alpha value is -2.79. The van der Waals surface area contributed by atoms with E-state index in [-0.39, 0.29) is 12.2 Å². The largest absolute Gasteiger partial charge is 0.488 e. The number of amides is 1. The number of carbonyl (C=O) groups excluding carboxylic acids is 1. The molecule has 122 valence electrons. The standard InChI is InChI=1S/C18H14ClNO4/c1-10-6-16-13(8-14(10)19)11(7-17(21)24-16)9-23-15-5-3-2-4-12(15)18(20)22/h2-8H,9H2,1H3,(H2,20,22). The van der Waals surface area contributed by atoms with E-state index >= 15 is 0 Å². The van der Waals surface area contributed by atoms with Gasteiger partial charge in [0.2, 0.25) is 0 Å². The Kier molecular flexibility index (Phi) is 4.27. The molecule has 1 aromatic heterocycles. The van der Waals surface area contributed by atoms with E-state index in [9.17, 15) is 9.59 Å². The molecular formula is C18H14ClNO4. The first-order chi connectivity index (χ1) is 11.5. The average Bonchev–Trinajstić information content (AvgIpc) is 2.54. The number of para-hydroxylation sites is 1. The van der Waals surface area contributed by atoms with Crippen LogP contribution in [0.25, 0.3) is 11.0 Å². The van der Waals surface area contributed by atoms with Crippen LogP contribution in [0.15, 0.2) is 51.7 Å². The zero-order chi connectivity index (χ0) is 17.3. The van der Waals surface area contributed by atoms with Gasteiger partial charge in [-0.15, -0.1) is 0 Å². The van der Waals surface area contributed by atoms with Crippen molar-refractivity contribution in [1.29, 1.82) is 0 Å². The molecule has 0 aliphatic carbocycles. The van der Waals surface area contributed by atoms with Crippen LogP contribution in [0.1, 0.15) is 21.5 Å². The van der Waals surface area contributed by atoms with E-state index in [1.165, 1.54) is 6.07 Å². The van der Waals surface area contributed by atoms with Crippen molar-refractivity contribution in [2.45, 2.75) is 13.5 Å². The lowest BCUT2D eigenvalue weighted by Crippen LogP contribution is -2.13. The van der Waals surface area contributed by atoms with Gasteiger partial charge in [0.15, 0.2) is 0 Å². The highest BCUT2D eigenvalue weighted by Crippen LogP contribution is 2.26. The molecular weight excluding hydrogens is 330 g/mol. The van der Waals surface area contributed by atoms with Crippen molar-refractivity contribution in [3.8, 4) is 5.75 Å². The molecule has 0 radical (unpaired) electrons. The van der Waals surface area contributed by atoms with Gasteiger partial charge in [0.25, 0.3) is 5.91 Å². The smallest absolute Gasteiger partial charge is 0.336 e. The molecule has 2 N–H and O–H groups in total. The number of ether oxygens (including phenoxy) is 1. The number of nitrogens with two attached hydrogens (primary N) is 1. The van der Waals surface area contributed by atoms with Crippen LogP contribution >= 0.6 is 11.6 Å². The molecule has 1 amide bonds. The highest BCUT2D eigenvalue weighted by Gasteiger charge is 2.12. The van der Waals surface area contributed by atoms with Crippen LogP contribution in [-0.4, -0.2) is 5.91 Å². The van der Waals surface area contributed by atoms with Crippen molar-refractivity contribution in [2.75, 3.05) is 0 Å². The van der Waals surface area contributed by atoms with E-state index in [2.05, 4.69) is 0 Å². The molecule has 0 saturated carbocycles. The third kappa shape index (κ3) is 3.12. The first-order valence-electron chi connectivity index (χ1n) is 7.20. The van der Waals surface area contributed by atoms with Gasteiger partial charge in [-0.05, 0) is 36.8 Å². The van der Waals surface area contributed by atoms with Crippen molar-refractivity contribution >= 4 is 28.5 Å². The zero-order valence-corrected chi connectivity index (χ0v) is 13.6. The van der Waals surface area contributed by atoms with E-state index in [1.54, 1.807) is 36.4 Å². The first kappa shape index (κ1) is 16.1. The van der Waals surface area contributed by atoms with Gasteiger partial charge in [0.05, 0.1) is 5.56 Å². The van der Waals surface area contributed by atoms with Crippen molar-refractivity contribution in [3.05, 3.63) is 74.6 Å². The topological polar surface area (TPSA) is 82.5 Å². The lowest BCUT2D eigenvalue weighted by atomic mass is 10.1. The summed E-state index contributed by atoms with van der Waals surface area (Å²) in [6, 6.07) is 11.4. The number of rotatable bonds is 4. The third-order valence-corrected chi connectivity index (χ3v) is 4.05. The fourth-order valence-corrected chi connectivity index (χ4v) is 2.58. The summed E-state index contributed by atoms with van der Waals surface area (Å²) in [5.41, 5.74) is 6.99. The molecule has 0 aliphatic heterocycles. The summed E-state index contributed by atoms with van der Waals surface area (Å²) in [7, 11) is 0. The Balaban J connectivity index is 2.01. The number of primary amides is 1. The Bertz CT molecular complexity index is 994. The van der Waals surface area contributed by atoms with E-state index in [1.807, 2.05) is 6.92 Å². The van der Waals surface area contributed by atoms with Gasteiger partial charge in [-0.2, -0.15) is 0 Å². The fraction of sp³-hybridized carbons (Fsp3) is 0.111. The lowest BCUT2D eigenvalue weighted by Gasteiger charge is -2.11. The molecule has 0 aliphatic rings. The van der Waals surface area contributed by atoms with Gasteiger partial charge >= 0.3 is 5.63 Å². The number of halogens is 1. The van der Waals surface area contributed by atoms with Gasteiger partial charge in [0, 0.05) is 22.0 Å². The van der Waals surface area contributed by atoms with Gasteiger partial charge in [-0.3, -0.25) is 4.79 Å². The van der Waals surface area contributed by atoms with Crippen LogP contribution in [0.4, 0.5) is 0 Å². The molecule has 0 bridgehead atoms. The van der Waals surface area contributed by atoms with Crippen molar-refractivity contribution in [2.24, 2.45) is 5.73 Å². The molecule has 0 fully saturated rings. The van der Waals surface area contributed by atoms with Gasteiger partial charge in [-0.25, -0.2) is 4.79 Å². The van der Waals surface area contributed by atoms with Crippen LogP contribution in [-0.2, 0) is 6.61 Å². The van der Waals surface area contributed by atoms with Crippen molar-refractivity contribution in [1.82, 2.24) is 0 Å². The number of fused-ring (bicyclic) bond motifs is 1. The van der Waals surface area contributed by atoms with Crippen LogP contribution in [0.2, 0.25) is 5.02 Å². The summed E-state index contributed by atoms with van der Waals surface area (Å²) in [6.07, 6.45) is 0. The Labute approximate surface area is 142 Å². The number of benzene rings is 2. The van der Waals surface area contributed by atoms with Crippen LogP contribution in [0.3, 0.4) is 0 Å². The Morgan fingerprint density at radius 2 is 2.00 bits per heavy atom. The maximum atomic E-state index is 11.8. The van der Waals surface area contributed by atoms with Crippen LogP contribution < -0.4 is 16.1 Å². The SMILES string of the molecule is Cc1cc2oc(=O)cc(COc3ccccc3C(N)=O)c2cc1Cl. The summed E-state index contributed by atoms with van der Waals surface area (Å²) in [5, 5.41) is 1.25. The minimum absolute atomic E-state index is 0.0752. The van der Waals surface area contributed by atoms with E-state index in [0.29, 0.717) is 27.3 Å². The minimum Gasteiger partial charge on any atom is -0.488 e. The molecule has 3 rings (SSSR count). The molecule has 1 heterocycles. The maximum Gasteiger partial charge on any atom is 0.336 e. The summed E-state index contributed by atoms with van der Waals surface area (Å²) in [5.74, 6) is -0.230. The highest BCUT2D eigenvalue weighted by molar-refractivity contribution is 6.32. The van der Waals surface area contributed by atoms with Gasteiger partial charge in [-0.1, -0.05) is 23.7 Å². The first-order valence-corrected chi connectivity index (χ1v) is 7.58. The molecule has 0 spiro atoms. The monoisotopic (exact) mass is 343 g/mol. The second-order valence-electron chi connectivity index (χ2n) is 5.34. The molecule has 5 nitrogen and oxygen atoms in total. The number of aryl methyl sites for hydroxylation is 1. The molecule has 0 unspecified atom stereocenters. The minimum atomic E-state index is -0.582. The van der Waals surface area contributed by atoms with Gasteiger partial charge in [0.1, 0.15) is 17.9 Å². The predicted molar refractivity (Wildman–Crippen MR) is 91.5 cm³/mol. The molecule has 24 heavy (non-hydrogen) atoms. The summed E-state index contributed by atoms with van der Waals surface area (Å²) in [6.45, 7) is 1.90. The maximum absolute atomic E-state index is 11.8.